The van der Waals surface area contributed by atoms with Crippen LogP contribution in [0.5, 0.6) is 0 Å². The molecule has 0 bridgehead atoms. The molecular weight excluding hydrogens is 212 g/mol. The first-order valence-electron chi connectivity index (χ1n) is 5.62. The molecule has 0 aliphatic carbocycles. The molecule has 17 heavy (non-hydrogen) atoms. The van der Waals surface area contributed by atoms with Crippen LogP contribution in [0, 0.1) is 23.7 Å². The summed E-state index contributed by atoms with van der Waals surface area (Å²) in [5.41, 5.74) is 0. The molecule has 1 fully saturated rings. The van der Waals surface area contributed by atoms with Crippen molar-refractivity contribution in [3.63, 3.8) is 0 Å². The molecule has 0 spiro atoms. The van der Waals surface area contributed by atoms with Crippen LogP contribution >= 0.6 is 0 Å². The van der Waals surface area contributed by atoms with Gasteiger partial charge in [0.2, 0.25) is 0 Å². The number of aliphatic hydroxyl groups is 1. The molecule has 0 unspecified atom stereocenters. The fourth-order valence-electron chi connectivity index (χ4n) is 1.32. The largest absolute Gasteiger partial charge is 0.368 e. The highest BCUT2D eigenvalue weighted by atomic mass is 16.6. The molecule has 1 aliphatic rings. The minimum atomic E-state index is -0.602. The van der Waals surface area contributed by atoms with Crippen molar-refractivity contribution in [1.29, 1.82) is 0 Å². The van der Waals surface area contributed by atoms with Crippen LogP contribution in [0.25, 0.3) is 0 Å². The SMILES string of the molecule is C/C=C\C#CC#C/C=C/C=C/[C@H]1CC[C@H](O)O1. The number of aliphatic hydroxyl groups excluding tert-OH is 1. The molecule has 0 saturated carbocycles. The third-order valence-electron chi connectivity index (χ3n) is 2.10. The van der Waals surface area contributed by atoms with Gasteiger partial charge in [-0.3, -0.25) is 0 Å². The van der Waals surface area contributed by atoms with E-state index < -0.39 is 6.29 Å². The normalized spacial score (nSPS) is 23.9. The Balaban J connectivity index is 2.26. The van der Waals surface area contributed by atoms with Gasteiger partial charge in [0.25, 0.3) is 0 Å². The molecular formula is C15H16O2. The monoisotopic (exact) mass is 228 g/mol. The smallest absolute Gasteiger partial charge is 0.155 e. The Labute approximate surface area is 103 Å². The zero-order valence-corrected chi connectivity index (χ0v) is 9.89. The maximum Gasteiger partial charge on any atom is 0.155 e. The van der Waals surface area contributed by atoms with Crippen LogP contribution in [0.1, 0.15) is 19.8 Å². The number of rotatable bonds is 2. The minimum Gasteiger partial charge on any atom is -0.368 e. The quantitative estimate of drug-likeness (QED) is 0.580. The average Bonchev–Trinajstić information content (AvgIpc) is 2.73. The van der Waals surface area contributed by atoms with E-state index in [0.29, 0.717) is 6.42 Å². The zero-order chi connectivity index (χ0) is 12.3. The maximum atomic E-state index is 9.13. The van der Waals surface area contributed by atoms with E-state index in [1.807, 2.05) is 31.2 Å². The Morgan fingerprint density at radius 2 is 1.88 bits per heavy atom. The van der Waals surface area contributed by atoms with Crippen LogP contribution in [-0.4, -0.2) is 17.5 Å². The first kappa shape index (κ1) is 13.3. The van der Waals surface area contributed by atoms with Gasteiger partial charge < -0.3 is 9.84 Å². The molecule has 0 radical (unpaired) electrons. The molecule has 0 amide bonds. The van der Waals surface area contributed by atoms with Crippen molar-refractivity contribution in [3.8, 4) is 23.7 Å². The Morgan fingerprint density at radius 3 is 2.53 bits per heavy atom. The van der Waals surface area contributed by atoms with Crippen LogP contribution in [0.2, 0.25) is 0 Å². The molecule has 1 saturated heterocycles. The van der Waals surface area contributed by atoms with Crippen molar-refractivity contribution in [2.75, 3.05) is 0 Å². The lowest BCUT2D eigenvalue weighted by molar-refractivity contribution is -0.0777. The summed E-state index contributed by atoms with van der Waals surface area (Å²) in [7, 11) is 0. The first-order valence-corrected chi connectivity index (χ1v) is 5.62. The number of hydrogen-bond acceptors (Lipinski definition) is 2. The lowest BCUT2D eigenvalue weighted by Gasteiger charge is -2.02. The van der Waals surface area contributed by atoms with Gasteiger partial charge in [-0.25, -0.2) is 0 Å². The summed E-state index contributed by atoms with van der Waals surface area (Å²) in [5.74, 6) is 11.0. The van der Waals surface area contributed by atoms with E-state index >= 15 is 0 Å². The van der Waals surface area contributed by atoms with Crippen molar-refractivity contribution in [1.82, 2.24) is 0 Å². The van der Waals surface area contributed by atoms with Gasteiger partial charge in [-0.2, -0.15) is 0 Å². The standard InChI is InChI=1S/C15H16O2/c1-2-3-4-5-6-7-8-9-10-11-14-12-13-15(16)17-14/h2-3,8-11,14-16H,12-13H2,1H3/b3-2-,9-8+,11-10+/t14-,15+/m0/s1. The molecule has 2 nitrogen and oxygen atoms in total. The van der Waals surface area contributed by atoms with E-state index in [0.717, 1.165) is 6.42 Å². The summed E-state index contributed by atoms with van der Waals surface area (Å²) in [4.78, 5) is 0. The van der Waals surface area contributed by atoms with E-state index in [1.165, 1.54) is 0 Å². The van der Waals surface area contributed by atoms with Gasteiger partial charge in [0, 0.05) is 6.42 Å². The molecule has 1 aliphatic heterocycles. The molecule has 2 atom stereocenters. The Bertz CT molecular complexity index is 421. The van der Waals surface area contributed by atoms with Gasteiger partial charge >= 0.3 is 0 Å². The van der Waals surface area contributed by atoms with Crippen molar-refractivity contribution >= 4 is 0 Å². The van der Waals surface area contributed by atoms with Crippen molar-refractivity contribution in [2.45, 2.75) is 32.2 Å². The van der Waals surface area contributed by atoms with Crippen molar-refractivity contribution < 1.29 is 9.84 Å². The Kier molecular flexibility index (Phi) is 6.60. The third kappa shape index (κ3) is 6.43. The van der Waals surface area contributed by atoms with Crippen molar-refractivity contribution in [3.05, 3.63) is 36.5 Å². The van der Waals surface area contributed by atoms with Gasteiger partial charge in [0.1, 0.15) is 0 Å². The summed E-state index contributed by atoms with van der Waals surface area (Å²) in [5, 5.41) is 9.13. The van der Waals surface area contributed by atoms with Gasteiger partial charge in [0.05, 0.1) is 6.10 Å². The van der Waals surface area contributed by atoms with Gasteiger partial charge in [-0.05, 0) is 37.3 Å². The fourth-order valence-corrected chi connectivity index (χ4v) is 1.32. The molecule has 2 heteroatoms. The average molecular weight is 228 g/mol. The third-order valence-corrected chi connectivity index (χ3v) is 2.10. The van der Waals surface area contributed by atoms with Gasteiger partial charge in [-0.1, -0.05) is 36.1 Å². The summed E-state index contributed by atoms with van der Waals surface area (Å²) < 4.78 is 5.20. The van der Waals surface area contributed by atoms with Gasteiger partial charge in [0.15, 0.2) is 6.29 Å². The molecule has 1 rings (SSSR count). The molecule has 0 aromatic rings. The predicted octanol–water partition coefficient (Wildman–Crippen LogP) is 2.18. The second-order valence-electron chi connectivity index (χ2n) is 3.49. The Morgan fingerprint density at radius 1 is 1.12 bits per heavy atom. The van der Waals surface area contributed by atoms with E-state index in [4.69, 9.17) is 9.84 Å². The summed E-state index contributed by atoms with van der Waals surface area (Å²) in [6.07, 6.45) is 12.0. The van der Waals surface area contributed by atoms with Crippen LogP contribution in [-0.2, 0) is 4.74 Å². The Hall–Kier alpha value is -1.74. The summed E-state index contributed by atoms with van der Waals surface area (Å²) >= 11 is 0. The van der Waals surface area contributed by atoms with E-state index in [-0.39, 0.29) is 6.10 Å². The van der Waals surface area contributed by atoms with Crippen LogP contribution in [0.4, 0.5) is 0 Å². The summed E-state index contributed by atoms with van der Waals surface area (Å²) in [6, 6.07) is 0. The highest BCUT2D eigenvalue weighted by molar-refractivity contribution is 5.34. The lowest BCUT2D eigenvalue weighted by atomic mass is 10.2. The van der Waals surface area contributed by atoms with Crippen molar-refractivity contribution in [2.24, 2.45) is 0 Å². The van der Waals surface area contributed by atoms with Crippen LogP contribution < -0.4 is 0 Å². The zero-order valence-electron chi connectivity index (χ0n) is 9.89. The maximum absolute atomic E-state index is 9.13. The second-order valence-corrected chi connectivity index (χ2v) is 3.49. The minimum absolute atomic E-state index is 0.0251. The van der Waals surface area contributed by atoms with Crippen LogP contribution in [0.15, 0.2) is 36.5 Å². The number of hydrogen-bond donors (Lipinski definition) is 1. The molecule has 0 aromatic heterocycles. The molecule has 1 N–H and O–H groups in total. The lowest BCUT2D eigenvalue weighted by Crippen LogP contribution is -2.06. The first-order chi connectivity index (χ1) is 8.33. The predicted molar refractivity (Wildman–Crippen MR) is 68.8 cm³/mol. The summed E-state index contributed by atoms with van der Waals surface area (Å²) in [6.45, 7) is 1.91. The highest BCUT2D eigenvalue weighted by Crippen LogP contribution is 2.18. The molecule has 1 heterocycles. The number of allylic oxidation sites excluding steroid dienone is 5. The van der Waals surface area contributed by atoms with Crippen LogP contribution in [0.3, 0.4) is 0 Å². The van der Waals surface area contributed by atoms with E-state index in [2.05, 4.69) is 23.7 Å². The second kappa shape index (κ2) is 8.42. The van der Waals surface area contributed by atoms with E-state index in [1.54, 1.807) is 12.2 Å². The molecule has 0 aromatic carbocycles. The topological polar surface area (TPSA) is 29.5 Å². The fraction of sp³-hybridized carbons (Fsp3) is 0.333. The van der Waals surface area contributed by atoms with Gasteiger partial charge in [-0.15, -0.1) is 0 Å². The highest BCUT2D eigenvalue weighted by Gasteiger charge is 2.19. The van der Waals surface area contributed by atoms with E-state index in [9.17, 15) is 0 Å². The number of ether oxygens (including phenoxy) is 1. The molecule has 88 valence electrons.